The summed E-state index contributed by atoms with van der Waals surface area (Å²) >= 11 is 0. The number of aryl methyl sites for hydroxylation is 1. The molecule has 1 saturated heterocycles. The molecule has 0 saturated carbocycles. The molecule has 2 aromatic rings. The van der Waals surface area contributed by atoms with Crippen molar-refractivity contribution in [1.82, 2.24) is 14.7 Å². The highest BCUT2D eigenvalue weighted by molar-refractivity contribution is 5.95. The second-order valence-corrected chi connectivity index (χ2v) is 14.4. The van der Waals surface area contributed by atoms with Gasteiger partial charge in [-0.15, -0.1) is 0 Å². The van der Waals surface area contributed by atoms with Gasteiger partial charge >= 0.3 is 6.09 Å². The summed E-state index contributed by atoms with van der Waals surface area (Å²) in [5.74, 6) is 0.894. The van der Waals surface area contributed by atoms with Gasteiger partial charge in [0.05, 0.1) is 13.7 Å². The van der Waals surface area contributed by atoms with Crippen molar-refractivity contribution >= 4 is 17.9 Å². The lowest BCUT2D eigenvalue weighted by molar-refractivity contribution is -0.135. The predicted molar refractivity (Wildman–Crippen MR) is 186 cm³/mol. The molecule has 1 fully saturated rings. The zero-order chi connectivity index (χ0) is 35.0. The third-order valence-electron chi connectivity index (χ3n) is 9.29. The average Bonchev–Trinajstić information content (AvgIpc) is 3.45. The Morgan fingerprint density at radius 2 is 1.62 bits per heavy atom. The van der Waals surface area contributed by atoms with Crippen LogP contribution in [0.15, 0.2) is 42.5 Å². The molecule has 3 atom stereocenters. The Morgan fingerprint density at radius 1 is 0.938 bits per heavy atom. The predicted octanol–water partition coefficient (Wildman–Crippen LogP) is 5.71. The van der Waals surface area contributed by atoms with Crippen molar-refractivity contribution in [2.75, 3.05) is 60.7 Å². The van der Waals surface area contributed by atoms with E-state index in [0.717, 1.165) is 19.3 Å². The molecule has 0 unspecified atom stereocenters. The molecule has 10 nitrogen and oxygen atoms in total. The molecule has 0 N–H and O–H groups in total. The number of fused-ring (bicyclic) bond motifs is 1. The Kier molecular flexibility index (Phi) is 12.8. The van der Waals surface area contributed by atoms with E-state index in [1.54, 1.807) is 37.3 Å². The number of likely N-dealkylation sites (tertiary alicyclic amines) is 1. The SMILES string of the molecule is COCCCOc1cc(C(=O)N(C[C@@H]2CN(C(=O)OC(C)(C)C)C[C@H]2CN(C)C(=O)[C@@H]2CCc3ccccc3C2)C(C)C)ccc1OC. The first-order valence-electron chi connectivity index (χ1n) is 17.2. The van der Waals surface area contributed by atoms with Gasteiger partial charge in [0.2, 0.25) is 5.91 Å². The summed E-state index contributed by atoms with van der Waals surface area (Å²) in [5.41, 5.74) is 2.44. The summed E-state index contributed by atoms with van der Waals surface area (Å²) in [4.78, 5) is 46.5. The lowest BCUT2D eigenvalue weighted by Crippen LogP contribution is -2.44. The normalized spacial score (nSPS) is 19.1. The summed E-state index contributed by atoms with van der Waals surface area (Å²) in [5, 5.41) is 0. The summed E-state index contributed by atoms with van der Waals surface area (Å²) in [6, 6.07) is 13.5. The van der Waals surface area contributed by atoms with Gasteiger partial charge in [0, 0.05) is 82.7 Å². The van der Waals surface area contributed by atoms with Gasteiger partial charge in [-0.25, -0.2) is 4.79 Å². The quantitative estimate of drug-likeness (QED) is 0.253. The van der Waals surface area contributed by atoms with Gasteiger partial charge in [0.25, 0.3) is 5.91 Å². The minimum absolute atomic E-state index is 0.0352. The Labute approximate surface area is 286 Å². The molecule has 2 aliphatic rings. The number of nitrogens with zero attached hydrogens (tertiary/aromatic N) is 3. The van der Waals surface area contributed by atoms with Crippen molar-refractivity contribution in [2.24, 2.45) is 17.8 Å². The second kappa shape index (κ2) is 16.5. The number of hydrogen-bond donors (Lipinski definition) is 0. The van der Waals surface area contributed by atoms with E-state index in [1.807, 2.05) is 57.5 Å². The molecular weight excluding hydrogens is 610 g/mol. The molecule has 4 rings (SSSR count). The van der Waals surface area contributed by atoms with Crippen LogP contribution in [0, 0.1) is 17.8 Å². The standard InChI is InChI=1S/C38H55N3O7/c1-26(2)41(36(43)30-16-17-33(46-8)34(21-30)47-19-11-18-45-7)25-32-24-40(37(44)48-38(3,4)5)23-31(32)22-39(6)35(42)29-15-14-27-12-9-10-13-28(27)20-29/h9-10,12-13,16-17,21,26,29,31-32H,11,14-15,18-20,22-25H2,1-8H3/t29-,31-,32+/m1/s1. The summed E-state index contributed by atoms with van der Waals surface area (Å²) < 4.78 is 22.3. The maximum Gasteiger partial charge on any atom is 0.410 e. The fourth-order valence-electron chi connectivity index (χ4n) is 6.74. The first-order valence-corrected chi connectivity index (χ1v) is 17.2. The van der Waals surface area contributed by atoms with Crippen LogP contribution in [-0.2, 0) is 27.1 Å². The number of carbonyl (C=O) groups is 3. The number of hydrogen-bond acceptors (Lipinski definition) is 7. The largest absolute Gasteiger partial charge is 0.493 e. The van der Waals surface area contributed by atoms with Crippen LogP contribution in [-0.4, -0.2) is 105 Å². The zero-order valence-corrected chi connectivity index (χ0v) is 30.1. The van der Waals surface area contributed by atoms with Crippen molar-refractivity contribution < 1.29 is 33.3 Å². The van der Waals surface area contributed by atoms with E-state index in [0.29, 0.717) is 62.9 Å². The molecule has 2 aromatic carbocycles. The van der Waals surface area contributed by atoms with Crippen LogP contribution >= 0.6 is 0 Å². The van der Waals surface area contributed by atoms with E-state index in [9.17, 15) is 14.4 Å². The van der Waals surface area contributed by atoms with Crippen molar-refractivity contribution in [3.8, 4) is 11.5 Å². The highest BCUT2D eigenvalue weighted by Gasteiger charge is 2.40. The van der Waals surface area contributed by atoms with Crippen LogP contribution in [0.4, 0.5) is 4.79 Å². The lowest BCUT2D eigenvalue weighted by atomic mass is 9.83. The highest BCUT2D eigenvalue weighted by atomic mass is 16.6. The molecule has 0 bridgehead atoms. The number of methoxy groups -OCH3 is 2. The van der Waals surface area contributed by atoms with Crippen molar-refractivity contribution in [1.29, 1.82) is 0 Å². The Hall–Kier alpha value is -3.79. The van der Waals surface area contributed by atoms with Crippen LogP contribution in [0.3, 0.4) is 0 Å². The minimum atomic E-state index is -0.633. The minimum Gasteiger partial charge on any atom is -0.493 e. The van der Waals surface area contributed by atoms with Crippen LogP contribution in [0.25, 0.3) is 0 Å². The Bertz CT molecular complexity index is 1400. The van der Waals surface area contributed by atoms with Gasteiger partial charge in [-0.1, -0.05) is 24.3 Å². The maximum absolute atomic E-state index is 14.1. The van der Waals surface area contributed by atoms with E-state index in [2.05, 4.69) is 18.2 Å². The average molecular weight is 666 g/mol. The molecule has 0 spiro atoms. The van der Waals surface area contributed by atoms with Crippen LogP contribution in [0.5, 0.6) is 11.5 Å². The molecule has 264 valence electrons. The molecule has 0 aromatic heterocycles. The smallest absolute Gasteiger partial charge is 0.410 e. The van der Waals surface area contributed by atoms with Crippen LogP contribution in [0.2, 0.25) is 0 Å². The number of ether oxygens (including phenoxy) is 4. The van der Waals surface area contributed by atoms with Gasteiger partial charge in [0.1, 0.15) is 5.60 Å². The first-order chi connectivity index (χ1) is 22.8. The van der Waals surface area contributed by atoms with E-state index in [1.165, 1.54) is 11.1 Å². The fraction of sp³-hybridized carbons (Fsp3) is 0.605. The molecular formula is C38H55N3O7. The van der Waals surface area contributed by atoms with Gasteiger partial charge in [-0.05, 0) is 83.2 Å². The number of carbonyl (C=O) groups excluding carboxylic acids is 3. The number of benzene rings is 2. The second-order valence-electron chi connectivity index (χ2n) is 14.4. The van der Waals surface area contributed by atoms with Crippen molar-refractivity contribution in [3.63, 3.8) is 0 Å². The van der Waals surface area contributed by atoms with E-state index in [-0.39, 0.29) is 41.7 Å². The Balaban J connectivity index is 1.52. The third-order valence-corrected chi connectivity index (χ3v) is 9.29. The van der Waals surface area contributed by atoms with E-state index >= 15 is 0 Å². The van der Waals surface area contributed by atoms with Crippen molar-refractivity contribution in [2.45, 2.75) is 71.9 Å². The summed E-state index contributed by atoms with van der Waals surface area (Å²) in [6.45, 7) is 12.4. The summed E-state index contributed by atoms with van der Waals surface area (Å²) in [7, 11) is 5.09. The van der Waals surface area contributed by atoms with Crippen molar-refractivity contribution in [3.05, 3.63) is 59.2 Å². The molecule has 1 aliphatic heterocycles. The van der Waals surface area contributed by atoms with Gasteiger partial charge < -0.3 is 33.6 Å². The molecule has 1 aliphatic carbocycles. The fourth-order valence-corrected chi connectivity index (χ4v) is 6.74. The van der Waals surface area contributed by atoms with Gasteiger partial charge in [-0.2, -0.15) is 0 Å². The van der Waals surface area contributed by atoms with Crippen LogP contribution in [0.1, 0.15) is 68.9 Å². The Morgan fingerprint density at radius 3 is 2.27 bits per heavy atom. The topological polar surface area (TPSA) is 97.9 Å². The molecule has 3 amide bonds. The van der Waals surface area contributed by atoms with Gasteiger partial charge in [0.15, 0.2) is 11.5 Å². The molecule has 1 heterocycles. The molecule has 10 heteroatoms. The van der Waals surface area contributed by atoms with E-state index < -0.39 is 5.60 Å². The monoisotopic (exact) mass is 665 g/mol. The van der Waals surface area contributed by atoms with Gasteiger partial charge in [-0.3, -0.25) is 9.59 Å². The molecule has 0 radical (unpaired) electrons. The molecule has 48 heavy (non-hydrogen) atoms. The maximum atomic E-state index is 14.1. The third kappa shape index (κ3) is 9.65. The zero-order valence-electron chi connectivity index (χ0n) is 30.1. The van der Waals surface area contributed by atoms with E-state index in [4.69, 9.17) is 18.9 Å². The first kappa shape index (κ1) is 37.0. The highest BCUT2D eigenvalue weighted by Crippen LogP contribution is 2.32. The lowest BCUT2D eigenvalue weighted by Gasteiger charge is -2.34. The number of rotatable bonds is 13. The number of amides is 3. The van der Waals surface area contributed by atoms with Crippen LogP contribution < -0.4 is 9.47 Å². The summed E-state index contributed by atoms with van der Waals surface area (Å²) in [6.07, 6.45) is 2.80.